The second-order valence-corrected chi connectivity index (χ2v) is 2.84. The minimum atomic E-state index is 0.898. The summed E-state index contributed by atoms with van der Waals surface area (Å²) >= 11 is 3.30. The van der Waals surface area contributed by atoms with Gasteiger partial charge in [0.05, 0.1) is 0 Å². The molecule has 0 aromatic carbocycles. The summed E-state index contributed by atoms with van der Waals surface area (Å²) in [4.78, 5) is 4.02. The Bertz CT molecular complexity index is 210. The Kier molecular flexibility index (Phi) is 2.87. The second-order valence-electron chi connectivity index (χ2n) is 2.02. The number of rotatable bonds is 2. The Morgan fingerprint density at radius 3 is 3.10 bits per heavy atom. The van der Waals surface area contributed by atoms with Gasteiger partial charge in [0.2, 0.25) is 0 Å². The third-order valence-electron chi connectivity index (χ3n) is 1.19. The minimum absolute atomic E-state index is 0.898. The predicted molar refractivity (Wildman–Crippen MR) is 45.6 cm³/mol. The van der Waals surface area contributed by atoms with Crippen molar-refractivity contribution < 1.29 is 0 Å². The van der Waals surface area contributed by atoms with Crippen LogP contribution in [0.25, 0.3) is 0 Å². The summed E-state index contributed by atoms with van der Waals surface area (Å²) in [6.07, 6.45) is 5.02. The van der Waals surface area contributed by atoms with Crippen molar-refractivity contribution in [1.29, 1.82) is 0 Å². The molecule has 1 nitrogen and oxygen atoms in total. The van der Waals surface area contributed by atoms with Crippen molar-refractivity contribution in [3.8, 4) is 0 Å². The lowest BCUT2D eigenvalue weighted by Crippen LogP contribution is -1.81. The van der Waals surface area contributed by atoms with Gasteiger partial charge >= 0.3 is 0 Å². The SMILES string of the molecule is CC[CH]c1ccnc(Br)c1. The highest BCUT2D eigenvalue weighted by molar-refractivity contribution is 9.10. The van der Waals surface area contributed by atoms with Crippen molar-refractivity contribution >= 4 is 15.9 Å². The Balaban J connectivity index is 2.75. The molecule has 1 heterocycles. The van der Waals surface area contributed by atoms with Crippen LogP contribution in [0.2, 0.25) is 0 Å². The standard InChI is InChI=1S/C8H9BrN/c1-2-3-7-4-5-10-8(9)6-7/h3-6H,2H2,1H3. The number of hydrogen-bond acceptors (Lipinski definition) is 1. The van der Waals surface area contributed by atoms with E-state index < -0.39 is 0 Å². The highest BCUT2D eigenvalue weighted by Gasteiger charge is 1.91. The van der Waals surface area contributed by atoms with Crippen molar-refractivity contribution in [2.75, 3.05) is 0 Å². The summed E-state index contributed by atoms with van der Waals surface area (Å²) in [5.41, 5.74) is 1.23. The van der Waals surface area contributed by atoms with Gasteiger partial charge in [0.25, 0.3) is 0 Å². The van der Waals surface area contributed by atoms with E-state index in [-0.39, 0.29) is 0 Å². The van der Waals surface area contributed by atoms with E-state index >= 15 is 0 Å². The fourth-order valence-electron chi connectivity index (χ4n) is 0.780. The maximum Gasteiger partial charge on any atom is 0.106 e. The van der Waals surface area contributed by atoms with Crippen LogP contribution in [0.3, 0.4) is 0 Å². The van der Waals surface area contributed by atoms with Gasteiger partial charge in [0.1, 0.15) is 4.60 Å². The van der Waals surface area contributed by atoms with Crippen LogP contribution in [0.1, 0.15) is 18.9 Å². The molecule has 0 atom stereocenters. The van der Waals surface area contributed by atoms with Crippen LogP contribution in [0.5, 0.6) is 0 Å². The van der Waals surface area contributed by atoms with Gasteiger partial charge in [-0.2, -0.15) is 0 Å². The number of aromatic nitrogens is 1. The Labute approximate surface area is 69.6 Å². The number of pyridine rings is 1. The molecule has 0 unspecified atom stereocenters. The van der Waals surface area contributed by atoms with Gasteiger partial charge in [-0.15, -0.1) is 0 Å². The average molecular weight is 199 g/mol. The Morgan fingerprint density at radius 1 is 1.70 bits per heavy atom. The summed E-state index contributed by atoms with van der Waals surface area (Å²) < 4.78 is 0.898. The van der Waals surface area contributed by atoms with Gasteiger partial charge in [-0.05, 0) is 46.5 Å². The molecule has 0 aliphatic carbocycles. The summed E-state index contributed by atoms with van der Waals surface area (Å²) in [7, 11) is 0. The Morgan fingerprint density at radius 2 is 2.50 bits per heavy atom. The molecule has 0 saturated carbocycles. The van der Waals surface area contributed by atoms with Gasteiger partial charge in [-0.1, -0.05) is 6.92 Å². The zero-order valence-corrected chi connectivity index (χ0v) is 7.43. The van der Waals surface area contributed by atoms with Crippen molar-refractivity contribution in [3.63, 3.8) is 0 Å². The molecule has 0 bridgehead atoms. The van der Waals surface area contributed by atoms with Crippen LogP contribution in [0, 0.1) is 6.42 Å². The highest BCUT2D eigenvalue weighted by atomic mass is 79.9. The van der Waals surface area contributed by atoms with E-state index in [1.807, 2.05) is 12.1 Å². The molecule has 0 spiro atoms. The fraction of sp³-hybridized carbons (Fsp3) is 0.250. The third kappa shape index (κ3) is 2.10. The van der Waals surface area contributed by atoms with E-state index in [0.717, 1.165) is 11.0 Å². The first-order valence-electron chi connectivity index (χ1n) is 3.27. The van der Waals surface area contributed by atoms with E-state index in [2.05, 4.69) is 34.3 Å². The Hall–Kier alpha value is -0.370. The van der Waals surface area contributed by atoms with Crippen LogP contribution < -0.4 is 0 Å². The van der Waals surface area contributed by atoms with Crippen molar-refractivity contribution in [2.24, 2.45) is 0 Å². The number of hydrogen-bond donors (Lipinski definition) is 0. The summed E-state index contributed by atoms with van der Waals surface area (Å²) in [5.74, 6) is 0. The smallest absolute Gasteiger partial charge is 0.106 e. The summed E-state index contributed by atoms with van der Waals surface area (Å²) in [6, 6.07) is 4.00. The van der Waals surface area contributed by atoms with E-state index in [4.69, 9.17) is 0 Å². The molecule has 0 amide bonds. The van der Waals surface area contributed by atoms with Crippen LogP contribution >= 0.6 is 15.9 Å². The lowest BCUT2D eigenvalue weighted by molar-refractivity contribution is 1.11. The third-order valence-corrected chi connectivity index (χ3v) is 1.62. The molecule has 0 fully saturated rings. The second kappa shape index (κ2) is 3.71. The van der Waals surface area contributed by atoms with Crippen molar-refractivity contribution in [3.05, 3.63) is 34.9 Å². The maximum atomic E-state index is 4.02. The molecule has 1 aromatic heterocycles. The lowest BCUT2D eigenvalue weighted by Gasteiger charge is -1.95. The topological polar surface area (TPSA) is 12.9 Å². The van der Waals surface area contributed by atoms with Crippen molar-refractivity contribution in [2.45, 2.75) is 13.3 Å². The summed E-state index contributed by atoms with van der Waals surface area (Å²) in [5, 5.41) is 0. The zero-order chi connectivity index (χ0) is 7.40. The molecule has 0 saturated heterocycles. The number of nitrogens with zero attached hydrogens (tertiary/aromatic N) is 1. The van der Waals surface area contributed by atoms with E-state index in [9.17, 15) is 0 Å². The molecule has 2 heteroatoms. The van der Waals surface area contributed by atoms with Gasteiger partial charge in [0, 0.05) is 6.20 Å². The first-order valence-corrected chi connectivity index (χ1v) is 4.07. The number of halogens is 1. The normalized spacial score (nSPS) is 9.80. The molecular weight excluding hydrogens is 190 g/mol. The van der Waals surface area contributed by atoms with Crippen LogP contribution in [-0.2, 0) is 0 Å². The van der Waals surface area contributed by atoms with Gasteiger partial charge in [-0.25, -0.2) is 4.98 Å². The highest BCUT2D eigenvalue weighted by Crippen LogP contribution is 2.10. The first kappa shape index (κ1) is 7.73. The maximum absolute atomic E-state index is 4.02. The molecule has 10 heavy (non-hydrogen) atoms. The monoisotopic (exact) mass is 198 g/mol. The van der Waals surface area contributed by atoms with Gasteiger partial charge in [0.15, 0.2) is 0 Å². The van der Waals surface area contributed by atoms with Crippen molar-refractivity contribution in [1.82, 2.24) is 4.98 Å². The molecular formula is C8H9BrN. The van der Waals surface area contributed by atoms with Gasteiger partial charge < -0.3 is 0 Å². The predicted octanol–water partition coefficient (Wildman–Crippen LogP) is 2.81. The van der Waals surface area contributed by atoms with E-state index in [1.54, 1.807) is 6.20 Å². The van der Waals surface area contributed by atoms with Crippen LogP contribution in [0.15, 0.2) is 22.9 Å². The van der Waals surface area contributed by atoms with Crippen LogP contribution in [0.4, 0.5) is 0 Å². The summed E-state index contributed by atoms with van der Waals surface area (Å²) in [6.45, 7) is 2.12. The van der Waals surface area contributed by atoms with Crippen LogP contribution in [-0.4, -0.2) is 4.98 Å². The molecule has 1 radical (unpaired) electrons. The first-order chi connectivity index (χ1) is 4.83. The largest absolute Gasteiger partial charge is 0.249 e. The average Bonchev–Trinajstić information content (AvgIpc) is 1.88. The molecule has 0 aliphatic heterocycles. The molecule has 53 valence electrons. The van der Waals surface area contributed by atoms with E-state index in [1.165, 1.54) is 5.56 Å². The molecule has 0 aliphatic rings. The molecule has 1 rings (SSSR count). The van der Waals surface area contributed by atoms with Gasteiger partial charge in [-0.3, -0.25) is 0 Å². The fourth-order valence-corrected chi connectivity index (χ4v) is 1.16. The molecule has 0 N–H and O–H groups in total. The molecule has 1 aromatic rings. The quantitative estimate of drug-likeness (QED) is 0.667. The zero-order valence-electron chi connectivity index (χ0n) is 5.84. The minimum Gasteiger partial charge on any atom is -0.249 e. The lowest BCUT2D eigenvalue weighted by atomic mass is 10.2. The van der Waals surface area contributed by atoms with E-state index in [0.29, 0.717) is 0 Å².